The van der Waals surface area contributed by atoms with Gasteiger partial charge in [0.2, 0.25) is 5.91 Å². The molecule has 1 saturated carbocycles. The summed E-state index contributed by atoms with van der Waals surface area (Å²) in [6.45, 7) is 2.10. The van der Waals surface area contributed by atoms with Crippen molar-refractivity contribution in [1.82, 2.24) is 10.6 Å². The Morgan fingerprint density at radius 1 is 1.20 bits per heavy atom. The van der Waals surface area contributed by atoms with Crippen molar-refractivity contribution in [2.75, 3.05) is 13.1 Å². The van der Waals surface area contributed by atoms with E-state index >= 15 is 0 Å². The lowest BCUT2D eigenvalue weighted by molar-refractivity contribution is -0.139. The number of carboxylic acid groups (broad SMARTS) is 1. The third kappa shape index (κ3) is 4.47. The molecule has 1 amide bonds. The molecule has 20 heavy (non-hydrogen) atoms. The number of piperidine rings is 1. The van der Waals surface area contributed by atoms with Crippen LogP contribution in [0.3, 0.4) is 0 Å². The minimum Gasteiger partial charge on any atom is -0.481 e. The van der Waals surface area contributed by atoms with E-state index in [0.29, 0.717) is 12.3 Å². The standard InChI is InChI=1S/C15H26N2O3/c18-13(4-3-12-5-9-16-10-6-12)17-15(11-14(19)20)7-1-2-8-15/h12,16H,1-11H2,(H,17,18)(H,19,20). The largest absolute Gasteiger partial charge is 0.481 e. The first-order valence-corrected chi connectivity index (χ1v) is 7.83. The Morgan fingerprint density at radius 2 is 1.85 bits per heavy atom. The minimum absolute atomic E-state index is 0.0340. The van der Waals surface area contributed by atoms with Crippen LogP contribution in [0, 0.1) is 5.92 Å². The van der Waals surface area contributed by atoms with Crippen molar-refractivity contribution in [3.05, 3.63) is 0 Å². The van der Waals surface area contributed by atoms with E-state index in [-0.39, 0.29) is 12.3 Å². The molecule has 2 fully saturated rings. The molecule has 114 valence electrons. The van der Waals surface area contributed by atoms with Crippen LogP contribution in [0.4, 0.5) is 0 Å². The number of aliphatic carboxylic acids is 1. The average Bonchev–Trinajstić information content (AvgIpc) is 2.85. The van der Waals surface area contributed by atoms with E-state index in [0.717, 1.165) is 58.0 Å². The first-order chi connectivity index (χ1) is 9.60. The van der Waals surface area contributed by atoms with Crippen LogP contribution in [0.2, 0.25) is 0 Å². The SMILES string of the molecule is O=C(O)CC1(NC(=O)CCC2CCNCC2)CCCC1. The second-order valence-corrected chi connectivity index (χ2v) is 6.34. The second-order valence-electron chi connectivity index (χ2n) is 6.34. The summed E-state index contributed by atoms with van der Waals surface area (Å²) in [5.74, 6) is -0.141. The van der Waals surface area contributed by atoms with Gasteiger partial charge in [0.25, 0.3) is 0 Å². The summed E-state index contributed by atoms with van der Waals surface area (Å²) in [5, 5.41) is 15.4. The predicted octanol–water partition coefficient (Wildman–Crippen LogP) is 1.67. The van der Waals surface area contributed by atoms with Gasteiger partial charge in [-0.1, -0.05) is 12.8 Å². The summed E-state index contributed by atoms with van der Waals surface area (Å²) in [7, 11) is 0. The molecule has 0 aromatic rings. The molecule has 0 spiro atoms. The van der Waals surface area contributed by atoms with Crippen molar-refractivity contribution in [2.45, 2.75) is 63.3 Å². The Labute approximate surface area is 120 Å². The fourth-order valence-corrected chi connectivity index (χ4v) is 3.55. The molecule has 0 aromatic carbocycles. The van der Waals surface area contributed by atoms with Crippen molar-refractivity contribution in [1.29, 1.82) is 0 Å². The van der Waals surface area contributed by atoms with Crippen LogP contribution >= 0.6 is 0 Å². The lowest BCUT2D eigenvalue weighted by Gasteiger charge is -2.29. The van der Waals surface area contributed by atoms with E-state index in [4.69, 9.17) is 5.11 Å². The normalized spacial score (nSPS) is 22.6. The van der Waals surface area contributed by atoms with Crippen LogP contribution in [-0.4, -0.2) is 35.6 Å². The average molecular weight is 282 g/mol. The van der Waals surface area contributed by atoms with Gasteiger partial charge in [-0.05, 0) is 51.1 Å². The van der Waals surface area contributed by atoms with Crippen LogP contribution in [0.15, 0.2) is 0 Å². The summed E-state index contributed by atoms with van der Waals surface area (Å²) >= 11 is 0. The molecule has 0 radical (unpaired) electrons. The molecule has 1 aliphatic carbocycles. The predicted molar refractivity (Wildman–Crippen MR) is 76.4 cm³/mol. The lowest BCUT2D eigenvalue weighted by Crippen LogP contribution is -2.47. The molecule has 0 aromatic heterocycles. The van der Waals surface area contributed by atoms with E-state index in [1.54, 1.807) is 0 Å². The molecule has 1 saturated heterocycles. The molecular formula is C15H26N2O3. The first-order valence-electron chi connectivity index (χ1n) is 7.83. The summed E-state index contributed by atoms with van der Waals surface area (Å²) in [4.78, 5) is 23.1. The Kier molecular flexibility index (Phi) is 5.40. The molecule has 0 bridgehead atoms. The van der Waals surface area contributed by atoms with Gasteiger partial charge in [-0.3, -0.25) is 9.59 Å². The Bertz CT molecular complexity index is 345. The zero-order chi connectivity index (χ0) is 14.4. The van der Waals surface area contributed by atoms with Gasteiger partial charge in [0, 0.05) is 6.42 Å². The maximum atomic E-state index is 12.1. The van der Waals surface area contributed by atoms with E-state index in [1.807, 2.05) is 0 Å². The number of rotatable bonds is 6. The quantitative estimate of drug-likeness (QED) is 0.692. The molecule has 2 aliphatic rings. The zero-order valence-corrected chi connectivity index (χ0v) is 12.1. The number of carbonyl (C=O) groups excluding carboxylic acids is 1. The summed E-state index contributed by atoms with van der Waals surface area (Å²) in [6.07, 6.45) is 7.45. The van der Waals surface area contributed by atoms with Crippen LogP contribution in [-0.2, 0) is 9.59 Å². The lowest BCUT2D eigenvalue weighted by atomic mass is 9.91. The number of hydrogen-bond acceptors (Lipinski definition) is 3. The molecule has 0 atom stereocenters. The van der Waals surface area contributed by atoms with Crippen LogP contribution < -0.4 is 10.6 Å². The monoisotopic (exact) mass is 282 g/mol. The van der Waals surface area contributed by atoms with Crippen molar-refractivity contribution >= 4 is 11.9 Å². The first kappa shape index (κ1) is 15.3. The van der Waals surface area contributed by atoms with Gasteiger partial charge in [0.15, 0.2) is 0 Å². The maximum Gasteiger partial charge on any atom is 0.305 e. The van der Waals surface area contributed by atoms with Crippen molar-refractivity contribution < 1.29 is 14.7 Å². The Balaban J connectivity index is 1.77. The van der Waals surface area contributed by atoms with E-state index in [1.165, 1.54) is 0 Å². The zero-order valence-electron chi connectivity index (χ0n) is 12.1. The van der Waals surface area contributed by atoms with Gasteiger partial charge in [-0.2, -0.15) is 0 Å². The minimum atomic E-state index is -0.814. The van der Waals surface area contributed by atoms with Crippen molar-refractivity contribution in [3.8, 4) is 0 Å². The van der Waals surface area contributed by atoms with E-state index in [2.05, 4.69) is 10.6 Å². The number of carboxylic acids is 1. The smallest absolute Gasteiger partial charge is 0.305 e. The molecule has 2 rings (SSSR count). The van der Waals surface area contributed by atoms with Gasteiger partial charge in [0.1, 0.15) is 0 Å². The molecule has 5 nitrogen and oxygen atoms in total. The highest BCUT2D eigenvalue weighted by atomic mass is 16.4. The van der Waals surface area contributed by atoms with Gasteiger partial charge in [-0.25, -0.2) is 0 Å². The molecule has 1 heterocycles. The van der Waals surface area contributed by atoms with Gasteiger partial charge in [-0.15, -0.1) is 0 Å². The number of nitrogens with one attached hydrogen (secondary N) is 2. The van der Waals surface area contributed by atoms with Gasteiger partial charge in [0.05, 0.1) is 12.0 Å². The topological polar surface area (TPSA) is 78.4 Å². The Morgan fingerprint density at radius 3 is 2.45 bits per heavy atom. The number of carbonyl (C=O) groups is 2. The summed E-state index contributed by atoms with van der Waals surface area (Å²) in [6, 6.07) is 0. The molecule has 0 unspecified atom stereocenters. The third-order valence-corrected chi connectivity index (χ3v) is 4.69. The van der Waals surface area contributed by atoms with Gasteiger partial charge < -0.3 is 15.7 Å². The molecular weight excluding hydrogens is 256 g/mol. The highest BCUT2D eigenvalue weighted by molar-refractivity contribution is 5.78. The van der Waals surface area contributed by atoms with Crippen LogP contribution in [0.25, 0.3) is 0 Å². The third-order valence-electron chi connectivity index (χ3n) is 4.69. The number of hydrogen-bond donors (Lipinski definition) is 3. The van der Waals surface area contributed by atoms with Gasteiger partial charge >= 0.3 is 5.97 Å². The molecule has 5 heteroatoms. The molecule has 1 aliphatic heterocycles. The van der Waals surface area contributed by atoms with Crippen LogP contribution in [0.1, 0.15) is 57.8 Å². The fourth-order valence-electron chi connectivity index (χ4n) is 3.55. The van der Waals surface area contributed by atoms with Crippen LogP contribution in [0.5, 0.6) is 0 Å². The van der Waals surface area contributed by atoms with E-state index in [9.17, 15) is 9.59 Å². The Hall–Kier alpha value is -1.10. The fraction of sp³-hybridized carbons (Fsp3) is 0.867. The van der Waals surface area contributed by atoms with Crippen molar-refractivity contribution in [2.24, 2.45) is 5.92 Å². The molecule has 3 N–H and O–H groups in total. The maximum absolute atomic E-state index is 12.1. The second kappa shape index (κ2) is 7.07. The highest BCUT2D eigenvalue weighted by Gasteiger charge is 2.37. The highest BCUT2D eigenvalue weighted by Crippen LogP contribution is 2.33. The summed E-state index contributed by atoms with van der Waals surface area (Å²) < 4.78 is 0. The van der Waals surface area contributed by atoms with Crippen molar-refractivity contribution in [3.63, 3.8) is 0 Å². The number of amides is 1. The van der Waals surface area contributed by atoms with E-state index < -0.39 is 11.5 Å². The summed E-state index contributed by atoms with van der Waals surface area (Å²) in [5.41, 5.74) is -0.475.